The molecule has 1 atom stereocenters. The van der Waals surface area contributed by atoms with Crippen molar-refractivity contribution in [1.82, 2.24) is 14.9 Å². The number of thiazole rings is 1. The first kappa shape index (κ1) is 14.4. The number of likely N-dealkylation sites (tertiary alicyclic amines) is 1. The van der Waals surface area contributed by atoms with Crippen LogP contribution in [0.2, 0.25) is 0 Å². The van der Waals surface area contributed by atoms with Gasteiger partial charge in [-0.2, -0.15) is 0 Å². The standard InChI is InChI=1S/C17H17N3O2S/c21-17(22)15-8-19-16(23-15)12-5-7-20(10-12)9-11-2-1-3-14-13(11)4-6-18-14/h1-4,6,8,12,18H,5,7,9-10H2,(H,21,22). The maximum absolute atomic E-state index is 11.0. The van der Waals surface area contributed by atoms with Gasteiger partial charge in [0.25, 0.3) is 0 Å². The van der Waals surface area contributed by atoms with E-state index in [1.165, 1.54) is 34.0 Å². The molecule has 5 nitrogen and oxygen atoms in total. The van der Waals surface area contributed by atoms with E-state index in [9.17, 15) is 4.79 Å². The van der Waals surface area contributed by atoms with Crippen LogP contribution in [0.25, 0.3) is 10.9 Å². The van der Waals surface area contributed by atoms with Crippen LogP contribution in [0.15, 0.2) is 36.7 Å². The highest BCUT2D eigenvalue weighted by Gasteiger charge is 2.27. The maximum atomic E-state index is 11.0. The third kappa shape index (κ3) is 2.75. The lowest BCUT2D eigenvalue weighted by atomic mass is 10.1. The molecule has 0 aliphatic carbocycles. The molecule has 3 aromatic rings. The molecule has 118 valence electrons. The number of nitrogens with zero attached hydrogens (tertiary/aromatic N) is 2. The molecule has 1 fully saturated rings. The normalized spacial score (nSPS) is 18.7. The highest BCUT2D eigenvalue weighted by Crippen LogP contribution is 2.31. The van der Waals surface area contributed by atoms with Crippen molar-refractivity contribution in [3.63, 3.8) is 0 Å². The second kappa shape index (κ2) is 5.79. The Bertz CT molecular complexity index is 854. The van der Waals surface area contributed by atoms with Gasteiger partial charge in [-0.1, -0.05) is 12.1 Å². The van der Waals surface area contributed by atoms with Crippen molar-refractivity contribution in [2.24, 2.45) is 0 Å². The predicted octanol–water partition coefficient (Wildman–Crippen LogP) is 3.31. The van der Waals surface area contributed by atoms with Crippen molar-refractivity contribution in [3.05, 3.63) is 52.1 Å². The van der Waals surface area contributed by atoms with Gasteiger partial charge in [0, 0.05) is 36.1 Å². The van der Waals surface area contributed by atoms with Crippen molar-refractivity contribution < 1.29 is 9.90 Å². The molecule has 0 radical (unpaired) electrons. The second-order valence-electron chi connectivity index (χ2n) is 5.94. The summed E-state index contributed by atoms with van der Waals surface area (Å²) in [5, 5.41) is 11.3. The van der Waals surface area contributed by atoms with Crippen molar-refractivity contribution in [1.29, 1.82) is 0 Å². The number of fused-ring (bicyclic) bond motifs is 1. The minimum absolute atomic E-state index is 0.329. The Labute approximate surface area is 137 Å². The molecule has 3 heterocycles. The van der Waals surface area contributed by atoms with E-state index in [2.05, 4.69) is 39.1 Å². The van der Waals surface area contributed by atoms with Crippen molar-refractivity contribution in [2.75, 3.05) is 13.1 Å². The maximum Gasteiger partial charge on any atom is 0.347 e. The SMILES string of the molecule is O=C(O)c1cnc(C2CCN(Cc3cccc4[nH]ccc34)C2)s1. The zero-order valence-corrected chi connectivity index (χ0v) is 13.3. The first-order valence-electron chi connectivity index (χ1n) is 7.67. The van der Waals surface area contributed by atoms with E-state index in [0.29, 0.717) is 10.8 Å². The summed E-state index contributed by atoms with van der Waals surface area (Å²) in [6.07, 6.45) is 4.49. The fraction of sp³-hybridized carbons (Fsp3) is 0.294. The fourth-order valence-electron chi connectivity index (χ4n) is 3.28. The van der Waals surface area contributed by atoms with Gasteiger partial charge < -0.3 is 10.1 Å². The Morgan fingerprint density at radius 3 is 3.17 bits per heavy atom. The van der Waals surface area contributed by atoms with E-state index in [0.717, 1.165) is 31.1 Å². The van der Waals surface area contributed by atoms with Crippen LogP contribution in [0.5, 0.6) is 0 Å². The molecule has 0 bridgehead atoms. The number of hydrogen-bond acceptors (Lipinski definition) is 4. The Hall–Kier alpha value is -2.18. The van der Waals surface area contributed by atoms with Gasteiger partial charge in [-0.05, 0) is 30.7 Å². The summed E-state index contributed by atoms with van der Waals surface area (Å²) in [7, 11) is 0. The lowest BCUT2D eigenvalue weighted by Gasteiger charge is -2.16. The smallest absolute Gasteiger partial charge is 0.347 e. The van der Waals surface area contributed by atoms with Gasteiger partial charge >= 0.3 is 5.97 Å². The summed E-state index contributed by atoms with van der Waals surface area (Å²) >= 11 is 1.31. The van der Waals surface area contributed by atoms with E-state index >= 15 is 0 Å². The highest BCUT2D eigenvalue weighted by atomic mass is 32.1. The number of carboxylic acid groups (broad SMARTS) is 1. The molecule has 2 aromatic heterocycles. The molecule has 0 saturated carbocycles. The fourth-order valence-corrected chi connectivity index (χ4v) is 4.16. The average Bonchev–Trinajstić information content (AvgIpc) is 3.27. The molecule has 4 rings (SSSR count). The number of aromatic amines is 1. The quantitative estimate of drug-likeness (QED) is 0.771. The summed E-state index contributed by atoms with van der Waals surface area (Å²) in [6, 6.07) is 8.48. The Morgan fingerprint density at radius 1 is 1.43 bits per heavy atom. The first-order chi connectivity index (χ1) is 11.2. The number of H-pyrrole nitrogens is 1. The number of carbonyl (C=O) groups is 1. The summed E-state index contributed by atoms with van der Waals surface area (Å²) in [4.78, 5) is 21.3. The molecular weight excluding hydrogens is 310 g/mol. The number of benzene rings is 1. The zero-order chi connectivity index (χ0) is 15.8. The molecule has 1 saturated heterocycles. The number of carboxylic acids is 1. The van der Waals surface area contributed by atoms with E-state index in [4.69, 9.17) is 5.11 Å². The van der Waals surface area contributed by atoms with Crippen LogP contribution in [0.3, 0.4) is 0 Å². The lowest BCUT2D eigenvalue weighted by Crippen LogP contribution is -2.19. The highest BCUT2D eigenvalue weighted by molar-refractivity contribution is 7.13. The van der Waals surface area contributed by atoms with Crippen LogP contribution in [0.1, 0.15) is 32.6 Å². The van der Waals surface area contributed by atoms with E-state index < -0.39 is 5.97 Å². The molecule has 1 aromatic carbocycles. The Balaban J connectivity index is 1.48. The zero-order valence-electron chi connectivity index (χ0n) is 12.5. The summed E-state index contributed by atoms with van der Waals surface area (Å²) in [5.41, 5.74) is 2.50. The minimum Gasteiger partial charge on any atom is -0.477 e. The van der Waals surface area contributed by atoms with Gasteiger partial charge in [0.05, 0.1) is 11.2 Å². The van der Waals surface area contributed by atoms with Crippen LogP contribution in [-0.4, -0.2) is 39.0 Å². The molecule has 2 N–H and O–H groups in total. The molecule has 0 amide bonds. The van der Waals surface area contributed by atoms with Crippen molar-refractivity contribution in [2.45, 2.75) is 18.9 Å². The van der Waals surface area contributed by atoms with Crippen LogP contribution in [0.4, 0.5) is 0 Å². The number of aromatic carboxylic acids is 1. The summed E-state index contributed by atoms with van der Waals surface area (Å²) in [6.45, 7) is 2.88. The largest absolute Gasteiger partial charge is 0.477 e. The van der Waals surface area contributed by atoms with Crippen LogP contribution in [-0.2, 0) is 6.54 Å². The summed E-state index contributed by atoms with van der Waals surface area (Å²) in [5.74, 6) is -0.540. The monoisotopic (exact) mass is 327 g/mol. The molecule has 6 heteroatoms. The third-order valence-corrected chi connectivity index (χ3v) is 5.58. The Morgan fingerprint density at radius 2 is 2.35 bits per heavy atom. The van der Waals surface area contributed by atoms with Gasteiger partial charge in [0.2, 0.25) is 0 Å². The second-order valence-corrected chi connectivity index (χ2v) is 7.01. The first-order valence-corrected chi connectivity index (χ1v) is 8.49. The van der Waals surface area contributed by atoms with Crippen LogP contribution < -0.4 is 0 Å². The van der Waals surface area contributed by atoms with Crippen LogP contribution in [0, 0.1) is 0 Å². The predicted molar refractivity (Wildman–Crippen MR) is 90.0 cm³/mol. The van der Waals surface area contributed by atoms with Crippen molar-refractivity contribution >= 4 is 28.2 Å². The topological polar surface area (TPSA) is 69.2 Å². The number of aromatic nitrogens is 2. The number of rotatable bonds is 4. The van der Waals surface area contributed by atoms with Crippen molar-refractivity contribution in [3.8, 4) is 0 Å². The van der Waals surface area contributed by atoms with E-state index in [-0.39, 0.29) is 0 Å². The molecule has 1 aliphatic rings. The molecule has 1 unspecified atom stereocenters. The summed E-state index contributed by atoms with van der Waals surface area (Å²) < 4.78 is 0. The van der Waals surface area contributed by atoms with Gasteiger partial charge in [0.1, 0.15) is 4.88 Å². The molecule has 23 heavy (non-hydrogen) atoms. The number of hydrogen-bond donors (Lipinski definition) is 2. The number of nitrogens with one attached hydrogen (secondary N) is 1. The lowest BCUT2D eigenvalue weighted by molar-refractivity contribution is 0.0702. The molecular formula is C17H17N3O2S. The van der Waals surface area contributed by atoms with E-state index in [1.54, 1.807) is 0 Å². The average molecular weight is 327 g/mol. The molecule has 1 aliphatic heterocycles. The Kier molecular flexibility index (Phi) is 3.63. The molecule has 0 spiro atoms. The van der Waals surface area contributed by atoms with E-state index in [1.807, 2.05) is 6.20 Å². The van der Waals surface area contributed by atoms with Gasteiger partial charge in [0.15, 0.2) is 0 Å². The minimum atomic E-state index is -0.886. The van der Waals surface area contributed by atoms with Gasteiger partial charge in [-0.15, -0.1) is 11.3 Å². The third-order valence-electron chi connectivity index (χ3n) is 4.44. The van der Waals surface area contributed by atoms with Gasteiger partial charge in [-0.3, -0.25) is 4.90 Å². The van der Waals surface area contributed by atoms with Gasteiger partial charge in [-0.25, -0.2) is 9.78 Å². The van der Waals surface area contributed by atoms with Crippen LogP contribution >= 0.6 is 11.3 Å².